The Balaban J connectivity index is 0.930. The molecule has 1 aromatic heterocycles. The van der Waals surface area contributed by atoms with E-state index >= 15 is 0 Å². The highest BCUT2D eigenvalue weighted by Crippen LogP contribution is 2.53. The second-order valence-corrected chi connectivity index (χ2v) is 10.9. The maximum Gasteiger partial charge on any atom is 0.221 e. The average molecular weight is 444 g/mol. The largest absolute Gasteiger partial charge is 0.368 e. The van der Waals surface area contributed by atoms with Gasteiger partial charge in [0, 0.05) is 44.4 Å². The lowest BCUT2D eigenvalue weighted by Gasteiger charge is -2.60. The van der Waals surface area contributed by atoms with Gasteiger partial charge in [-0.15, -0.1) is 10.2 Å². The third kappa shape index (κ3) is 4.29. The zero-order chi connectivity index (χ0) is 22.4. The molecule has 2 aromatic rings. The summed E-state index contributed by atoms with van der Waals surface area (Å²) >= 11 is 0. The minimum absolute atomic E-state index is 0.0710. The summed E-state index contributed by atoms with van der Waals surface area (Å²) < 4.78 is 0. The maximum atomic E-state index is 11.2. The van der Waals surface area contributed by atoms with Gasteiger partial charge in [-0.3, -0.25) is 4.79 Å². The zero-order valence-corrected chi connectivity index (χ0v) is 19.3. The highest BCUT2D eigenvalue weighted by atomic mass is 16.1. The van der Waals surface area contributed by atoms with Crippen molar-refractivity contribution in [2.45, 2.75) is 32.6 Å². The van der Waals surface area contributed by atoms with Crippen molar-refractivity contribution < 1.29 is 4.79 Å². The number of aromatic nitrogens is 2. The number of allylic oxidation sites excluding steroid dienone is 2. The van der Waals surface area contributed by atoms with Crippen molar-refractivity contribution in [3.63, 3.8) is 0 Å². The van der Waals surface area contributed by atoms with E-state index in [9.17, 15) is 4.79 Å². The zero-order valence-electron chi connectivity index (χ0n) is 19.3. The van der Waals surface area contributed by atoms with Gasteiger partial charge in [0.1, 0.15) is 5.82 Å². The fourth-order valence-corrected chi connectivity index (χ4v) is 6.79. The smallest absolute Gasteiger partial charge is 0.221 e. The number of fused-ring (bicyclic) bond motifs is 2. The third-order valence-corrected chi connectivity index (χ3v) is 8.21. The predicted molar refractivity (Wildman–Crippen MR) is 131 cm³/mol. The first-order chi connectivity index (χ1) is 16.0. The number of nitrogens with zero attached hydrogens (tertiary/aromatic N) is 3. The van der Waals surface area contributed by atoms with Gasteiger partial charge >= 0.3 is 0 Å². The Kier molecular flexibility index (Phi) is 5.21. The van der Waals surface area contributed by atoms with Crippen LogP contribution in [0.15, 0.2) is 48.6 Å². The molecule has 2 saturated carbocycles. The quantitative estimate of drug-likeness (QED) is 0.619. The molecule has 172 valence electrons. The number of carbonyl (C=O) groups excluding carboxylic acids is 1. The summed E-state index contributed by atoms with van der Waals surface area (Å²) in [4.78, 5) is 13.9. The second kappa shape index (κ2) is 8.24. The Morgan fingerprint density at radius 2 is 1.88 bits per heavy atom. The van der Waals surface area contributed by atoms with Crippen molar-refractivity contribution in [2.75, 3.05) is 36.8 Å². The molecule has 3 unspecified atom stereocenters. The third-order valence-electron chi connectivity index (χ3n) is 8.21. The lowest BCUT2D eigenvalue weighted by molar-refractivity contribution is -0.114. The number of likely N-dealkylation sites (tertiary alicyclic amines) is 1. The van der Waals surface area contributed by atoms with Crippen LogP contribution in [0.5, 0.6) is 0 Å². The van der Waals surface area contributed by atoms with Gasteiger partial charge in [-0.05, 0) is 79.0 Å². The van der Waals surface area contributed by atoms with Gasteiger partial charge < -0.3 is 15.5 Å². The fraction of sp³-hybridized carbons (Fsp3) is 0.519. The topological polar surface area (TPSA) is 70.2 Å². The lowest BCUT2D eigenvalue weighted by atomic mass is 9.57. The molecule has 0 radical (unpaired) electrons. The molecule has 33 heavy (non-hydrogen) atoms. The summed E-state index contributed by atoms with van der Waals surface area (Å²) in [6.45, 7) is 6.45. The molecule has 1 spiro atoms. The van der Waals surface area contributed by atoms with E-state index in [4.69, 9.17) is 0 Å². The number of rotatable bonds is 7. The van der Waals surface area contributed by atoms with E-state index in [0.29, 0.717) is 5.41 Å². The number of anilines is 2. The van der Waals surface area contributed by atoms with E-state index in [-0.39, 0.29) is 5.91 Å². The van der Waals surface area contributed by atoms with Gasteiger partial charge in [0.05, 0.1) is 5.69 Å². The highest BCUT2D eigenvalue weighted by Gasteiger charge is 2.52. The van der Waals surface area contributed by atoms with E-state index in [0.717, 1.165) is 53.0 Å². The van der Waals surface area contributed by atoms with Crippen LogP contribution in [0.3, 0.4) is 0 Å². The van der Waals surface area contributed by atoms with E-state index < -0.39 is 0 Å². The summed E-state index contributed by atoms with van der Waals surface area (Å²) in [5, 5.41) is 15.0. The maximum absolute atomic E-state index is 11.2. The molecule has 2 N–H and O–H groups in total. The molecule has 6 rings (SSSR count). The summed E-state index contributed by atoms with van der Waals surface area (Å²) in [5.41, 5.74) is 3.21. The number of hydrogen-bond donors (Lipinski definition) is 2. The van der Waals surface area contributed by atoms with Gasteiger partial charge in [0.25, 0.3) is 0 Å². The number of carbonyl (C=O) groups is 1. The minimum Gasteiger partial charge on any atom is -0.368 e. The molecule has 6 nitrogen and oxygen atoms in total. The Bertz CT molecular complexity index is 1030. The number of amides is 1. The standard InChI is InChI=1S/C27H33N5O/c1-18(33)29-24-6-4-21(5-7-24)25-8-9-26(31-30-25)28-14-20-12-27(13-20)16-32(17-27)15-23-11-19-2-3-22(23)10-19/h2-9,19-20,22-23H,10-17H2,1H3,(H,28,31)(H,29,33). The van der Waals surface area contributed by atoms with Gasteiger partial charge in [-0.25, -0.2) is 0 Å². The normalized spacial score (nSPS) is 27.4. The van der Waals surface area contributed by atoms with Gasteiger partial charge in [0.2, 0.25) is 5.91 Å². The molecule has 4 aliphatic rings. The van der Waals surface area contributed by atoms with Gasteiger partial charge in [-0.2, -0.15) is 0 Å². The van der Waals surface area contributed by atoms with Crippen LogP contribution in [-0.4, -0.2) is 47.2 Å². The molecule has 2 bridgehead atoms. The minimum atomic E-state index is -0.0710. The molecule has 3 atom stereocenters. The van der Waals surface area contributed by atoms with Crippen molar-refractivity contribution in [1.29, 1.82) is 0 Å². The van der Waals surface area contributed by atoms with Crippen LogP contribution >= 0.6 is 0 Å². The van der Waals surface area contributed by atoms with Crippen LogP contribution in [0, 0.1) is 29.1 Å². The predicted octanol–water partition coefficient (Wildman–Crippen LogP) is 4.44. The molecular formula is C27H33N5O. The molecule has 1 amide bonds. The van der Waals surface area contributed by atoms with Crippen LogP contribution < -0.4 is 10.6 Å². The van der Waals surface area contributed by atoms with Crippen molar-refractivity contribution >= 4 is 17.4 Å². The van der Waals surface area contributed by atoms with Crippen LogP contribution in [0.25, 0.3) is 11.3 Å². The average Bonchev–Trinajstić information content (AvgIpc) is 3.38. The SMILES string of the molecule is CC(=O)Nc1ccc(-c2ccc(NCC3CC4(C3)CN(CC3CC5C=CC3C5)C4)nn2)cc1. The van der Waals surface area contributed by atoms with Crippen LogP contribution in [0.4, 0.5) is 11.5 Å². The fourth-order valence-electron chi connectivity index (χ4n) is 6.79. The first kappa shape index (κ1) is 20.8. The second-order valence-electron chi connectivity index (χ2n) is 10.9. The van der Waals surface area contributed by atoms with E-state index in [1.165, 1.54) is 52.2 Å². The Hall–Kier alpha value is -2.73. The first-order valence-electron chi connectivity index (χ1n) is 12.4. The Labute approximate surface area is 195 Å². The summed E-state index contributed by atoms with van der Waals surface area (Å²) in [5.74, 6) is 4.21. The van der Waals surface area contributed by atoms with Crippen molar-refractivity contribution in [2.24, 2.45) is 29.1 Å². The van der Waals surface area contributed by atoms with Gasteiger partial charge in [0.15, 0.2) is 0 Å². The lowest BCUT2D eigenvalue weighted by Crippen LogP contribution is -2.63. The Morgan fingerprint density at radius 3 is 2.52 bits per heavy atom. The van der Waals surface area contributed by atoms with E-state index in [1.54, 1.807) is 0 Å². The molecule has 3 fully saturated rings. The molecule has 3 aliphatic carbocycles. The summed E-state index contributed by atoms with van der Waals surface area (Å²) in [7, 11) is 0. The van der Waals surface area contributed by atoms with Crippen molar-refractivity contribution in [3.05, 3.63) is 48.6 Å². The van der Waals surface area contributed by atoms with E-state index in [2.05, 4.69) is 37.9 Å². The molecule has 1 aromatic carbocycles. The van der Waals surface area contributed by atoms with Crippen LogP contribution in [0.2, 0.25) is 0 Å². The van der Waals surface area contributed by atoms with Gasteiger partial charge in [-0.1, -0.05) is 24.3 Å². The molecular weight excluding hydrogens is 410 g/mol. The number of hydrogen-bond acceptors (Lipinski definition) is 5. The number of nitrogens with one attached hydrogen (secondary N) is 2. The van der Waals surface area contributed by atoms with E-state index in [1.807, 2.05) is 36.4 Å². The van der Waals surface area contributed by atoms with Crippen molar-refractivity contribution in [1.82, 2.24) is 15.1 Å². The monoisotopic (exact) mass is 443 g/mol. The number of benzene rings is 1. The summed E-state index contributed by atoms with van der Waals surface area (Å²) in [6.07, 6.45) is 10.5. The molecule has 2 heterocycles. The van der Waals surface area contributed by atoms with Crippen LogP contribution in [0.1, 0.15) is 32.6 Å². The highest BCUT2D eigenvalue weighted by molar-refractivity contribution is 5.88. The molecule has 6 heteroatoms. The molecule has 1 saturated heterocycles. The summed E-state index contributed by atoms with van der Waals surface area (Å²) in [6, 6.07) is 11.7. The first-order valence-corrected chi connectivity index (χ1v) is 12.4. The van der Waals surface area contributed by atoms with Crippen molar-refractivity contribution in [3.8, 4) is 11.3 Å². The van der Waals surface area contributed by atoms with Crippen LogP contribution in [-0.2, 0) is 4.79 Å². The Morgan fingerprint density at radius 1 is 1.06 bits per heavy atom. The molecule has 1 aliphatic heterocycles.